The van der Waals surface area contributed by atoms with E-state index in [-0.39, 0.29) is 0 Å². The third-order valence-corrected chi connectivity index (χ3v) is 3.43. The van der Waals surface area contributed by atoms with Gasteiger partial charge in [0.1, 0.15) is 5.69 Å². The lowest BCUT2D eigenvalue weighted by Gasteiger charge is -2.08. The van der Waals surface area contributed by atoms with E-state index in [9.17, 15) is 0 Å². The predicted octanol–water partition coefficient (Wildman–Crippen LogP) is 2.50. The van der Waals surface area contributed by atoms with Crippen molar-refractivity contribution in [2.24, 2.45) is 5.73 Å². The highest BCUT2D eigenvalue weighted by Crippen LogP contribution is 2.22. The monoisotopic (exact) mass is 299 g/mol. The molecule has 0 aliphatic rings. The van der Waals surface area contributed by atoms with Crippen LogP contribution in [0.4, 0.5) is 0 Å². The van der Waals surface area contributed by atoms with Gasteiger partial charge in [0.05, 0.1) is 12.2 Å². The van der Waals surface area contributed by atoms with Gasteiger partial charge in [-0.1, -0.05) is 28.9 Å². The van der Waals surface area contributed by atoms with Crippen LogP contribution in [0.2, 0.25) is 5.02 Å². The molecule has 6 heteroatoms. The summed E-state index contributed by atoms with van der Waals surface area (Å²) in [6, 6.07) is 11.5. The fourth-order valence-electron chi connectivity index (χ4n) is 2.18. The summed E-state index contributed by atoms with van der Waals surface area (Å²) in [4.78, 5) is 4.15. The molecular formula is C15H14ClN5. The van der Waals surface area contributed by atoms with Crippen LogP contribution in [-0.4, -0.2) is 20.0 Å². The molecule has 21 heavy (non-hydrogen) atoms. The van der Waals surface area contributed by atoms with Crippen LogP contribution >= 0.6 is 11.6 Å². The van der Waals surface area contributed by atoms with Gasteiger partial charge < -0.3 is 5.73 Å². The van der Waals surface area contributed by atoms with Crippen molar-refractivity contribution in [3.8, 4) is 11.3 Å². The molecule has 0 saturated heterocycles. The van der Waals surface area contributed by atoms with Crippen LogP contribution < -0.4 is 5.73 Å². The second-order valence-corrected chi connectivity index (χ2v) is 5.05. The number of nitrogens with two attached hydrogens (primary N) is 1. The van der Waals surface area contributed by atoms with Crippen LogP contribution in [0, 0.1) is 0 Å². The van der Waals surface area contributed by atoms with Crippen LogP contribution in [0.15, 0.2) is 48.8 Å². The van der Waals surface area contributed by atoms with Gasteiger partial charge in [-0.05, 0) is 29.8 Å². The number of hydrogen-bond acceptors (Lipinski definition) is 4. The Labute approximate surface area is 127 Å². The van der Waals surface area contributed by atoms with Crippen molar-refractivity contribution in [2.75, 3.05) is 0 Å². The fourth-order valence-corrected chi connectivity index (χ4v) is 2.30. The molecule has 2 heterocycles. The first-order chi connectivity index (χ1) is 10.3. The van der Waals surface area contributed by atoms with Crippen LogP contribution in [0.25, 0.3) is 11.3 Å². The Balaban J connectivity index is 1.99. The zero-order chi connectivity index (χ0) is 14.7. The number of pyridine rings is 1. The molecule has 0 unspecified atom stereocenters. The van der Waals surface area contributed by atoms with Crippen molar-refractivity contribution in [2.45, 2.75) is 13.1 Å². The summed E-state index contributed by atoms with van der Waals surface area (Å²) in [5.74, 6) is 0. The van der Waals surface area contributed by atoms with Crippen molar-refractivity contribution in [3.05, 3.63) is 65.1 Å². The number of nitrogens with zero attached hydrogens (tertiary/aromatic N) is 4. The van der Waals surface area contributed by atoms with E-state index < -0.39 is 0 Å². The van der Waals surface area contributed by atoms with E-state index in [1.165, 1.54) is 0 Å². The van der Waals surface area contributed by atoms with E-state index in [2.05, 4.69) is 15.3 Å². The number of halogens is 1. The highest BCUT2D eigenvalue weighted by molar-refractivity contribution is 6.30. The van der Waals surface area contributed by atoms with Gasteiger partial charge in [0.25, 0.3) is 0 Å². The molecule has 0 aliphatic carbocycles. The molecule has 106 valence electrons. The van der Waals surface area contributed by atoms with Gasteiger partial charge in [-0.2, -0.15) is 0 Å². The van der Waals surface area contributed by atoms with E-state index in [1.807, 2.05) is 41.1 Å². The molecule has 0 aliphatic heterocycles. The summed E-state index contributed by atoms with van der Waals surface area (Å²) in [5, 5.41) is 9.08. The SMILES string of the molecule is NCc1nnn(Cc2ccc(Cl)cc2)c1-c1cccnc1. The van der Waals surface area contributed by atoms with Crippen molar-refractivity contribution < 1.29 is 0 Å². The van der Waals surface area contributed by atoms with Crippen molar-refractivity contribution in [3.63, 3.8) is 0 Å². The lowest BCUT2D eigenvalue weighted by atomic mass is 10.1. The average Bonchev–Trinajstić information content (AvgIpc) is 2.93. The van der Waals surface area contributed by atoms with Crippen LogP contribution in [0.1, 0.15) is 11.3 Å². The highest BCUT2D eigenvalue weighted by atomic mass is 35.5. The lowest BCUT2D eigenvalue weighted by Crippen LogP contribution is -2.05. The normalized spacial score (nSPS) is 10.8. The average molecular weight is 300 g/mol. The topological polar surface area (TPSA) is 69.6 Å². The third-order valence-electron chi connectivity index (χ3n) is 3.18. The van der Waals surface area contributed by atoms with Crippen LogP contribution in [0.5, 0.6) is 0 Å². The number of hydrogen-bond donors (Lipinski definition) is 1. The summed E-state index contributed by atoms with van der Waals surface area (Å²) in [7, 11) is 0. The van der Waals surface area contributed by atoms with E-state index in [0.29, 0.717) is 18.1 Å². The molecule has 2 N–H and O–H groups in total. The molecule has 0 atom stereocenters. The Bertz CT molecular complexity index is 722. The second-order valence-electron chi connectivity index (χ2n) is 4.61. The smallest absolute Gasteiger partial charge is 0.104 e. The number of rotatable bonds is 4. The Morgan fingerprint density at radius 3 is 2.62 bits per heavy atom. The molecule has 0 radical (unpaired) electrons. The first kappa shape index (κ1) is 13.7. The quantitative estimate of drug-likeness (QED) is 0.803. The van der Waals surface area contributed by atoms with Gasteiger partial charge >= 0.3 is 0 Å². The predicted molar refractivity (Wildman–Crippen MR) is 81.7 cm³/mol. The van der Waals surface area contributed by atoms with Gasteiger partial charge in [0.2, 0.25) is 0 Å². The summed E-state index contributed by atoms with van der Waals surface area (Å²) in [5.41, 5.74) is 9.48. The first-order valence-corrected chi connectivity index (χ1v) is 6.93. The highest BCUT2D eigenvalue weighted by Gasteiger charge is 2.14. The fraction of sp³-hybridized carbons (Fsp3) is 0.133. The Morgan fingerprint density at radius 1 is 1.14 bits per heavy atom. The number of benzene rings is 1. The summed E-state index contributed by atoms with van der Waals surface area (Å²) in [6.07, 6.45) is 3.52. The van der Waals surface area contributed by atoms with Gasteiger partial charge in [0, 0.05) is 29.5 Å². The summed E-state index contributed by atoms with van der Waals surface area (Å²) in [6.45, 7) is 0.944. The van der Waals surface area contributed by atoms with E-state index in [0.717, 1.165) is 22.5 Å². The molecule has 5 nitrogen and oxygen atoms in total. The minimum Gasteiger partial charge on any atom is -0.325 e. The van der Waals surface area contributed by atoms with Gasteiger partial charge in [0.15, 0.2) is 0 Å². The molecule has 2 aromatic heterocycles. The Morgan fingerprint density at radius 2 is 1.95 bits per heavy atom. The van der Waals surface area contributed by atoms with Crippen molar-refractivity contribution in [1.29, 1.82) is 0 Å². The van der Waals surface area contributed by atoms with Gasteiger partial charge in [-0.3, -0.25) is 4.98 Å². The largest absolute Gasteiger partial charge is 0.325 e. The molecule has 3 rings (SSSR count). The van der Waals surface area contributed by atoms with E-state index in [1.54, 1.807) is 12.4 Å². The molecule has 3 aromatic rings. The van der Waals surface area contributed by atoms with Gasteiger partial charge in [-0.15, -0.1) is 5.10 Å². The van der Waals surface area contributed by atoms with Crippen molar-refractivity contribution >= 4 is 11.6 Å². The maximum Gasteiger partial charge on any atom is 0.104 e. The molecule has 0 fully saturated rings. The molecule has 0 spiro atoms. The number of aromatic nitrogens is 4. The van der Waals surface area contributed by atoms with Gasteiger partial charge in [-0.25, -0.2) is 4.68 Å². The summed E-state index contributed by atoms with van der Waals surface area (Å²) < 4.78 is 1.84. The maximum atomic E-state index is 5.91. The minimum atomic E-state index is 0.338. The zero-order valence-corrected chi connectivity index (χ0v) is 12.0. The molecule has 0 bridgehead atoms. The molecule has 0 saturated carbocycles. The molecular weight excluding hydrogens is 286 g/mol. The second kappa shape index (κ2) is 6.03. The lowest BCUT2D eigenvalue weighted by molar-refractivity contribution is 0.654. The van der Waals surface area contributed by atoms with E-state index >= 15 is 0 Å². The molecule has 0 amide bonds. The van der Waals surface area contributed by atoms with E-state index in [4.69, 9.17) is 17.3 Å². The first-order valence-electron chi connectivity index (χ1n) is 6.55. The third kappa shape index (κ3) is 2.94. The summed E-state index contributed by atoms with van der Waals surface area (Å²) >= 11 is 5.91. The standard InChI is InChI=1S/C15H14ClN5/c16-13-5-3-11(4-6-13)10-21-15(14(8-17)19-20-21)12-2-1-7-18-9-12/h1-7,9H,8,10,17H2. The van der Waals surface area contributed by atoms with Crippen LogP contribution in [-0.2, 0) is 13.1 Å². The zero-order valence-electron chi connectivity index (χ0n) is 11.3. The Hall–Kier alpha value is -2.24. The molecule has 1 aromatic carbocycles. The minimum absolute atomic E-state index is 0.338. The Kier molecular flexibility index (Phi) is 3.94. The van der Waals surface area contributed by atoms with Crippen molar-refractivity contribution in [1.82, 2.24) is 20.0 Å². The van der Waals surface area contributed by atoms with Crippen LogP contribution in [0.3, 0.4) is 0 Å². The maximum absolute atomic E-state index is 5.91.